The normalized spacial score (nSPS) is 10.6. The molecule has 0 fully saturated rings. The van der Waals surface area contributed by atoms with E-state index >= 15 is 0 Å². The highest BCUT2D eigenvalue weighted by atomic mass is 31.2. The summed E-state index contributed by atoms with van der Waals surface area (Å²) in [4.78, 5) is 21.6. The number of phosphoric acid groups is 1. The Kier molecular flexibility index (Phi) is 7.15. The maximum atomic E-state index is 8.88. The molecule has 5 nitrogen and oxygen atoms in total. The van der Waals surface area contributed by atoms with E-state index in [4.69, 9.17) is 24.0 Å². The average molecular weight is 296 g/mol. The first-order valence-electron chi connectivity index (χ1n) is 5.89. The standard InChI is InChI=1S/C14H14O.H3O4P/c1-3-7-13(8-4-1)11-15-12-14-9-5-2-6-10-14;1-5(2,3)4/h1-10H,11-12H2;(H3,1,2,3,4). The molecule has 6 heteroatoms. The number of benzene rings is 2. The molecule has 0 amide bonds. The van der Waals surface area contributed by atoms with Crippen molar-refractivity contribution >= 4 is 7.82 Å². The van der Waals surface area contributed by atoms with Crippen LogP contribution in [0.2, 0.25) is 0 Å². The summed E-state index contributed by atoms with van der Waals surface area (Å²) in [6, 6.07) is 20.4. The van der Waals surface area contributed by atoms with Gasteiger partial charge in [-0.3, -0.25) is 0 Å². The Labute approximate surface area is 117 Å². The van der Waals surface area contributed by atoms with Gasteiger partial charge in [-0.1, -0.05) is 60.7 Å². The van der Waals surface area contributed by atoms with E-state index in [1.165, 1.54) is 11.1 Å². The molecule has 0 radical (unpaired) electrons. The second-order valence-corrected chi connectivity index (χ2v) is 5.00. The molecule has 0 unspecified atom stereocenters. The third kappa shape index (κ3) is 9.44. The fraction of sp³-hybridized carbons (Fsp3) is 0.143. The third-order valence-corrected chi connectivity index (χ3v) is 2.22. The highest BCUT2D eigenvalue weighted by Crippen LogP contribution is 2.25. The molecule has 0 aliphatic rings. The van der Waals surface area contributed by atoms with Gasteiger partial charge in [0.1, 0.15) is 0 Å². The molecular weight excluding hydrogens is 279 g/mol. The summed E-state index contributed by atoms with van der Waals surface area (Å²) >= 11 is 0. The lowest BCUT2D eigenvalue weighted by Gasteiger charge is -2.03. The van der Waals surface area contributed by atoms with Crippen molar-refractivity contribution in [3.05, 3.63) is 71.8 Å². The number of ether oxygens (including phenoxy) is 1. The molecule has 0 heterocycles. The van der Waals surface area contributed by atoms with Gasteiger partial charge in [0.15, 0.2) is 0 Å². The summed E-state index contributed by atoms with van der Waals surface area (Å²) in [5, 5.41) is 0. The van der Waals surface area contributed by atoms with Crippen LogP contribution >= 0.6 is 7.82 Å². The Hall–Kier alpha value is -1.49. The van der Waals surface area contributed by atoms with Gasteiger partial charge in [0.05, 0.1) is 13.2 Å². The fourth-order valence-corrected chi connectivity index (χ4v) is 1.44. The summed E-state index contributed by atoms with van der Waals surface area (Å²) in [6.45, 7) is 1.35. The van der Waals surface area contributed by atoms with Crippen LogP contribution in [0.15, 0.2) is 60.7 Å². The molecule has 0 aliphatic carbocycles. The molecule has 108 valence electrons. The van der Waals surface area contributed by atoms with E-state index in [0.29, 0.717) is 13.2 Å². The first-order valence-corrected chi connectivity index (χ1v) is 7.45. The number of hydrogen-bond acceptors (Lipinski definition) is 2. The van der Waals surface area contributed by atoms with Gasteiger partial charge >= 0.3 is 7.82 Å². The molecular formula is C14H17O5P. The Morgan fingerprint density at radius 3 is 1.35 bits per heavy atom. The van der Waals surface area contributed by atoms with Crippen LogP contribution in [0.4, 0.5) is 0 Å². The van der Waals surface area contributed by atoms with Crippen LogP contribution in [0.1, 0.15) is 11.1 Å². The molecule has 3 N–H and O–H groups in total. The molecule has 2 rings (SSSR count). The van der Waals surface area contributed by atoms with Crippen molar-refractivity contribution in [1.29, 1.82) is 0 Å². The zero-order valence-corrected chi connectivity index (χ0v) is 11.7. The lowest BCUT2D eigenvalue weighted by molar-refractivity contribution is 0.107. The van der Waals surface area contributed by atoms with Gasteiger partial charge in [-0.2, -0.15) is 0 Å². The molecule has 0 atom stereocenters. The minimum absolute atomic E-state index is 0.676. The van der Waals surface area contributed by atoms with Crippen LogP contribution in [0.5, 0.6) is 0 Å². The molecule has 0 saturated carbocycles. The second kappa shape index (κ2) is 8.64. The van der Waals surface area contributed by atoms with Crippen molar-refractivity contribution in [3.63, 3.8) is 0 Å². The topological polar surface area (TPSA) is 87.0 Å². The van der Waals surface area contributed by atoms with Crippen LogP contribution in [0.3, 0.4) is 0 Å². The van der Waals surface area contributed by atoms with Crippen molar-refractivity contribution in [3.8, 4) is 0 Å². The zero-order chi connectivity index (χ0) is 14.8. The molecule has 0 spiro atoms. The predicted molar refractivity (Wildman–Crippen MR) is 75.6 cm³/mol. The number of rotatable bonds is 4. The monoisotopic (exact) mass is 296 g/mol. The van der Waals surface area contributed by atoms with E-state index in [9.17, 15) is 0 Å². The molecule has 0 aliphatic heterocycles. The first-order chi connectivity index (χ1) is 9.45. The van der Waals surface area contributed by atoms with Gasteiger partial charge < -0.3 is 19.4 Å². The van der Waals surface area contributed by atoms with E-state index in [1.807, 2.05) is 36.4 Å². The number of hydrogen-bond donors (Lipinski definition) is 3. The molecule has 0 bridgehead atoms. The van der Waals surface area contributed by atoms with E-state index in [-0.39, 0.29) is 0 Å². The Morgan fingerprint density at radius 1 is 0.750 bits per heavy atom. The van der Waals surface area contributed by atoms with Crippen LogP contribution in [-0.2, 0) is 22.5 Å². The summed E-state index contributed by atoms with van der Waals surface area (Å²) in [6.07, 6.45) is 0. The minimum Gasteiger partial charge on any atom is -0.372 e. The lowest BCUT2D eigenvalue weighted by Crippen LogP contribution is -1.93. The maximum absolute atomic E-state index is 8.88. The van der Waals surface area contributed by atoms with E-state index in [1.54, 1.807) is 0 Å². The van der Waals surface area contributed by atoms with Crippen molar-refractivity contribution in [2.45, 2.75) is 13.2 Å². The van der Waals surface area contributed by atoms with Crippen LogP contribution in [0.25, 0.3) is 0 Å². The summed E-state index contributed by atoms with van der Waals surface area (Å²) < 4.78 is 14.5. The van der Waals surface area contributed by atoms with Gasteiger partial charge in [-0.05, 0) is 11.1 Å². The quantitative estimate of drug-likeness (QED) is 0.754. The average Bonchev–Trinajstić information content (AvgIpc) is 2.39. The minimum atomic E-state index is -4.64. The van der Waals surface area contributed by atoms with Gasteiger partial charge in [0.2, 0.25) is 0 Å². The van der Waals surface area contributed by atoms with Gasteiger partial charge in [-0.15, -0.1) is 0 Å². The van der Waals surface area contributed by atoms with Crippen LogP contribution in [0, 0.1) is 0 Å². The second-order valence-electron chi connectivity index (χ2n) is 3.98. The molecule has 2 aromatic carbocycles. The SMILES string of the molecule is O=P(O)(O)O.c1ccc(COCc2ccccc2)cc1. The lowest BCUT2D eigenvalue weighted by atomic mass is 10.2. The van der Waals surface area contributed by atoms with Crippen molar-refractivity contribution in [1.82, 2.24) is 0 Å². The third-order valence-electron chi connectivity index (χ3n) is 2.22. The van der Waals surface area contributed by atoms with Crippen LogP contribution in [-0.4, -0.2) is 14.7 Å². The fourth-order valence-electron chi connectivity index (χ4n) is 1.44. The molecule has 0 saturated heterocycles. The van der Waals surface area contributed by atoms with Gasteiger partial charge in [0, 0.05) is 0 Å². The van der Waals surface area contributed by atoms with Crippen molar-refractivity contribution in [2.75, 3.05) is 0 Å². The largest absolute Gasteiger partial charge is 0.466 e. The molecule has 20 heavy (non-hydrogen) atoms. The van der Waals surface area contributed by atoms with Gasteiger partial charge in [-0.25, -0.2) is 4.57 Å². The first kappa shape index (κ1) is 16.6. The summed E-state index contributed by atoms with van der Waals surface area (Å²) in [7, 11) is -4.64. The Bertz CT molecular complexity index is 476. The van der Waals surface area contributed by atoms with E-state index in [2.05, 4.69) is 24.3 Å². The molecule has 2 aromatic rings. The smallest absolute Gasteiger partial charge is 0.372 e. The van der Waals surface area contributed by atoms with Crippen LogP contribution < -0.4 is 0 Å². The van der Waals surface area contributed by atoms with E-state index < -0.39 is 7.82 Å². The predicted octanol–water partition coefficient (Wildman–Crippen LogP) is 2.47. The summed E-state index contributed by atoms with van der Waals surface area (Å²) in [5.74, 6) is 0. The van der Waals surface area contributed by atoms with Crippen molar-refractivity contribution in [2.24, 2.45) is 0 Å². The van der Waals surface area contributed by atoms with Gasteiger partial charge in [0.25, 0.3) is 0 Å². The Balaban J connectivity index is 0.000000347. The maximum Gasteiger partial charge on any atom is 0.466 e. The Morgan fingerprint density at radius 2 is 1.05 bits per heavy atom. The molecule has 0 aromatic heterocycles. The highest BCUT2D eigenvalue weighted by Gasteiger charge is 2.00. The van der Waals surface area contributed by atoms with Crippen molar-refractivity contribution < 1.29 is 24.0 Å². The highest BCUT2D eigenvalue weighted by molar-refractivity contribution is 7.45. The zero-order valence-electron chi connectivity index (χ0n) is 10.8. The summed E-state index contributed by atoms with van der Waals surface area (Å²) in [5.41, 5.74) is 2.43. The van der Waals surface area contributed by atoms with E-state index in [0.717, 1.165) is 0 Å².